The average molecular weight is 461 g/mol. The van der Waals surface area contributed by atoms with Crippen LogP contribution in [0.5, 0.6) is 0 Å². The fourth-order valence-electron chi connectivity index (χ4n) is 3.24. The SMILES string of the molecule is CCC(C)NC(=O)C(CC)N(Cc1ccccc1Cl)C(=O)CCSCc1ccccc1. The molecule has 0 saturated heterocycles. The molecular formula is C25H33ClN2O2S. The molecule has 0 aliphatic heterocycles. The monoisotopic (exact) mass is 460 g/mol. The number of hydrogen-bond acceptors (Lipinski definition) is 3. The standard InChI is InChI=1S/C25H33ClN2O2S/c1-4-19(3)27-25(30)23(5-2)28(17-21-13-9-10-14-22(21)26)24(29)15-16-31-18-20-11-7-6-8-12-20/h6-14,19,23H,4-5,15-18H2,1-3H3,(H,27,30). The molecule has 2 rings (SSSR count). The number of carbonyl (C=O) groups is 2. The molecule has 31 heavy (non-hydrogen) atoms. The van der Waals surface area contributed by atoms with Crippen molar-refractivity contribution in [3.63, 3.8) is 0 Å². The third-order valence-electron chi connectivity index (χ3n) is 5.26. The third-order valence-corrected chi connectivity index (χ3v) is 6.66. The Morgan fingerprint density at radius 3 is 2.35 bits per heavy atom. The van der Waals surface area contributed by atoms with E-state index in [1.165, 1.54) is 5.56 Å². The number of hydrogen-bond donors (Lipinski definition) is 1. The molecule has 2 atom stereocenters. The second-order valence-corrected chi connectivity index (χ2v) is 9.16. The van der Waals surface area contributed by atoms with Crippen LogP contribution in [0.15, 0.2) is 54.6 Å². The Morgan fingerprint density at radius 1 is 1.03 bits per heavy atom. The summed E-state index contributed by atoms with van der Waals surface area (Å²) in [6.45, 7) is 6.28. The van der Waals surface area contributed by atoms with Crippen LogP contribution in [0.3, 0.4) is 0 Å². The van der Waals surface area contributed by atoms with E-state index in [0.29, 0.717) is 30.2 Å². The van der Waals surface area contributed by atoms with Crippen molar-refractivity contribution in [2.45, 2.75) is 64.4 Å². The van der Waals surface area contributed by atoms with Crippen molar-refractivity contribution >= 4 is 35.2 Å². The lowest BCUT2D eigenvalue weighted by molar-refractivity contribution is -0.141. The molecule has 0 bridgehead atoms. The Hall–Kier alpha value is -1.98. The maximum atomic E-state index is 13.2. The van der Waals surface area contributed by atoms with Crippen molar-refractivity contribution in [3.8, 4) is 0 Å². The van der Waals surface area contributed by atoms with Gasteiger partial charge < -0.3 is 10.2 Å². The Bertz CT molecular complexity index is 831. The van der Waals surface area contributed by atoms with E-state index in [1.54, 1.807) is 16.7 Å². The smallest absolute Gasteiger partial charge is 0.243 e. The molecular weight excluding hydrogens is 428 g/mol. The summed E-state index contributed by atoms with van der Waals surface area (Å²) in [6, 6.07) is 17.3. The van der Waals surface area contributed by atoms with Crippen LogP contribution in [-0.4, -0.2) is 34.6 Å². The first-order valence-electron chi connectivity index (χ1n) is 10.9. The quantitative estimate of drug-likeness (QED) is 0.414. The number of amides is 2. The highest BCUT2D eigenvalue weighted by Crippen LogP contribution is 2.21. The van der Waals surface area contributed by atoms with E-state index < -0.39 is 6.04 Å². The number of rotatable bonds is 12. The fraction of sp³-hybridized carbons (Fsp3) is 0.440. The zero-order valence-electron chi connectivity index (χ0n) is 18.6. The molecule has 2 unspecified atom stereocenters. The minimum atomic E-state index is -0.517. The highest BCUT2D eigenvalue weighted by atomic mass is 35.5. The predicted octanol–water partition coefficient (Wildman–Crippen LogP) is 5.69. The van der Waals surface area contributed by atoms with Gasteiger partial charge in [-0.2, -0.15) is 11.8 Å². The van der Waals surface area contributed by atoms with E-state index in [4.69, 9.17) is 11.6 Å². The van der Waals surface area contributed by atoms with Gasteiger partial charge in [0.2, 0.25) is 11.8 Å². The van der Waals surface area contributed by atoms with Gasteiger partial charge in [-0.1, -0.05) is 74.0 Å². The number of carbonyl (C=O) groups excluding carboxylic acids is 2. The molecule has 0 heterocycles. The number of nitrogens with one attached hydrogen (secondary N) is 1. The van der Waals surface area contributed by atoms with E-state index in [2.05, 4.69) is 17.4 Å². The van der Waals surface area contributed by atoms with Gasteiger partial charge in [0.1, 0.15) is 6.04 Å². The van der Waals surface area contributed by atoms with Crippen LogP contribution in [0, 0.1) is 0 Å². The lowest BCUT2D eigenvalue weighted by Crippen LogP contribution is -2.50. The Morgan fingerprint density at radius 2 is 1.71 bits per heavy atom. The summed E-state index contributed by atoms with van der Waals surface area (Å²) in [5, 5.41) is 3.64. The van der Waals surface area contributed by atoms with E-state index >= 15 is 0 Å². The molecule has 168 valence electrons. The first kappa shape index (κ1) is 25.3. The van der Waals surface area contributed by atoms with Gasteiger partial charge in [0.25, 0.3) is 0 Å². The van der Waals surface area contributed by atoms with Crippen LogP contribution < -0.4 is 5.32 Å². The predicted molar refractivity (Wildman–Crippen MR) is 131 cm³/mol. The van der Waals surface area contributed by atoms with Gasteiger partial charge in [-0.25, -0.2) is 0 Å². The van der Waals surface area contributed by atoms with Gasteiger partial charge >= 0.3 is 0 Å². The Labute approximate surface area is 195 Å². The second-order valence-electron chi connectivity index (χ2n) is 7.64. The summed E-state index contributed by atoms with van der Waals surface area (Å²) < 4.78 is 0. The van der Waals surface area contributed by atoms with Crippen molar-refractivity contribution in [2.75, 3.05) is 5.75 Å². The fourth-order valence-corrected chi connectivity index (χ4v) is 4.33. The highest BCUT2D eigenvalue weighted by Gasteiger charge is 2.29. The molecule has 2 aromatic rings. The van der Waals surface area contributed by atoms with Crippen LogP contribution in [-0.2, 0) is 21.9 Å². The molecule has 2 amide bonds. The zero-order chi connectivity index (χ0) is 22.6. The van der Waals surface area contributed by atoms with E-state index in [9.17, 15) is 9.59 Å². The Balaban J connectivity index is 2.08. The molecule has 6 heteroatoms. The van der Waals surface area contributed by atoms with Crippen LogP contribution >= 0.6 is 23.4 Å². The molecule has 0 aliphatic rings. The van der Waals surface area contributed by atoms with Crippen molar-refractivity contribution < 1.29 is 9.59 Å². The van der Waals surface area contributed by atoms with Gasteiger partial charge in [0, 0.05) is 35.5 Å². The molecule has 0 aliphatic carbocycles. The normalized spacial score (nSPS) is 12.8. The van der Waals surface area contributed by atoms with Gasteiger partial charge in [-0.05, 0) is 37.0 Å². The molecule has 0 radical (unpaired) electrons. The highest BCUT2D eigenvalue weighted by molar-refractivity contribution is 7.98. The lowest BCUT2D eigenvalue weighted by Gasteiger charge is -2.31. The minimum Gasteiger partial charge on any atom is -0.352 e. The molecule has 2 aromatic carbocycles. The third kappa shape index (κ3) is 8.23. The summed E-state index contributed by atoms with van der Waals surface area (Å²) in [7, 11) is 0. The molecule has 4 nitrogen and oxygen atoms in total. The number of nitrogens with zero attached hydrogens (tertiary/aromatic N) is 1. The van der Waals surface area contributed by atoms with Crippen molar-refractivity contribution in [3.05, 3.63) is 70.7 Å². The maximum absolute atomic E-state index is 13.2. The average Bonchev–Trinajstić information content (AvgIpc) is 2.78. The van der Waals surface area contributed by atoms with Gasteiger partial charge in [0.15, 0.2) is 0 Å². The van der Waals surface area contributed by atoms with E-state index in [0.717, 1.165) is 17.7 Å². The summed E-state index contributed by atoms with van der Waals surface area (Å²) in [4.78, 5) is 27.9. The van der Waals surface area contributed by atoms with Crippen LogP contribution in [0.4, 0.5) is 0 Å². The van der Waals surface area contributed by atoms with Crippen molar-refractivity contribution in [1.29, 1.82) is 0 Å². The van der Waals surface area contributed by atoms with Gasteiger partial charge in [-0.15, -0.1) is 0 Å². The summed E-state index contributed by atoms with van der Waals surface area (Å²) >= 11 is 8.09. The summed E-state index contributed by atoms with van der Waals surface area (Å²) in [5.74, 6) is 1.45. The molecule has 1 N–H and O–H groups in total. The number of halogens is 1. The van der Waals surface area contributed by atoms with Crippen LogP contribution in [0.1, 0.15) is 51.2 Å². The largest absolute Gasteiger partial charge is 0.352 e. The van der Waals surface area contributed by atoms with Crippen LogP contribution in [0.2, 0.25) is 5.02 Å². The Kier molecular flexibility index (Phi) is 11.0. The van der Waals surface area contributed by atoms with Gasteiger partial charge in [-0.3, -0.25) is 9.59 Å². The minimum absolute atomic E-state index is 0.0216. The second kappa shape index (κ2) is 13.4. The summed E-state index contributed by atoms with van der Waals surface area (Å²) in [5.41, 5.74) is 2.09. The molecule has 0 spiro atoms. The number of thioether (sulfide) groups is 1. The first-order valence-corrected chi connectivity index (χ1v) is 12.4. The topological polar surface area (TPSA) is 49.4 Å². The van der Waals surface area contributed by atoms with E-state index in [-0.39, 0.29) is 17.9 Å². The zero-order valence-corrected chi connectivity index (χ0v) is 20.2. The van der Waals surface area contributed by atoms with E-state index in [1.807, 2.05) is 63.2 Å². The van der Waals surface area contributed by atoms with Crippen molar-refractivity contribution in [1.82, 2.24) is 10.2 Å². The van der Waals surface area contributed by atoms with Crippen LogP contribution in [0.25, 0.3) is 0 Å². The maximum Gasteiger partial charge on any atom is 0.243 e. The van der Waals surface area contributed by atoms with Gasteiger partial charge in [0.05, 0.1) is 0 Å². The molecule has 0 saturated carbocycles. The lowest BCUT2D eigenvalue weighted by atomic mass is 10.1. The molecule has 0 fully saturated rings. The summed E-state index contributed by atoms with van der Waals surface area (Å²) in [6.07, 6.45) is 1.78. The van der Waals surface area contributed by atoms with Crippen molar-refractivity contribution in [2.24, 2.45) is 0 Å². The molecule has 0 aromatic heterocycles. The first-order chi connectivity index (χ1) is 15.0. The number of benzene rings is 2.